The zero-order valence-corrected chi connectivity index (χ0v) is 11.1. The van der Waals surface area contributed by atoms with Crippen molar-refractivity contribution in [3.63, 3.8) is 0 Å². The summed E-state index contributed by atoms with van der Waals surface area (Å²) in [6, 6.07) is 4.52. The highest BCUT2D eigenvalue weighted by Gasteiger charge is 2.33. The van der Waals surface area contributed by atoms with E-state index in [4.69, 9.17) is 16.7 Å². The molecule has 0 spiro atoms. The molecule has 4 nitrogen and oxygen atoms in total. The summed E-state index contributed by atoms with van der Waals surface area (Å²) in [5.74, 6) is -1.58. The summed E-state index contributed by atoms with van der Waals surface area (Å²) in [6.07, 6.45) is 1.29. The molecule has 1 heterocycles. The van der Waals surface area contributed by atoms with Crippen molar-refractivity contribution in [2.45, 2.75) is 18.2 Å². The number of benzene rings is 1. The third-order valence-corrected chi connectivity index (χ3v) is 5.16. The Hall–Kier alpha value is -1.33. The van der Waals surface area contributed by atoms with Crippen LogP contribution in [-0.2, 0) is 14.6 Å². The highest BCUT2D eigenvalue weighted by atomic mass is 35.5. The molecule has 0 aromatic heterocycles. The van der Waals surface area contributed by atoms with E-state index in [1.807, 2.05) is 0 Å². The zero-order chi connectivity index (χ0) is 13.5. The molecular formula is C12H11ClO4S. The first kappa shape index (κ1) is 13.1. The average Bonchev–Trinajstić information content (AvgIpc) is 2.49. The van der Waals surface area contributed by atoms with Crippen molar-refractivity contribution < 1.29 is 18.3 Å². The molecule has 0 saturated carbocycles. The van der Waals surface area contributed by atoms with Crippen LogP contribution in [0.3, 0.4) is 0 Å². The molecule has 6 heteroatoms. The second-order valence-corrected chi connectivity index (χ2v) is 6.59. The van der Waals surface area contributed by atoms with Gasteiger partial charge in [0.05, 0.1) is 16.2 Å². The minimum Gasteiger partial charge on any atom is -0.481 e. The van der Waals surface area contributed by atoms with Gasteiger partial charge in [0.25, 0.3) is 0 Å². The van der Waals surface area contributed by atoms with Gasteiger partial charge in [-0.05, 0) is 29.8 Å². The minimum atomic E-state index is -3.57. The van der Waals surface area contributed by atoms with E-state index < -0.39 is 21.7 Å². The average molecular weight is 287 g/mol. The van der Waals surface area contributed by atoms with Gasteiger partial charge in [0.15, 0.2) is 0 Å². The maximum Gasteiger partial charge on any atom is 0.303 e. The minimum absolute atomic E-state index is 0.141. The van der Waals surface area contributed by atoms with Gasteiger partial charge in [-0.15, -0.1) is 0 Å². The van der Waals surface area contributed by atoms with Crippen LogP contribution in [-0.4, -0.2) is 19.5 Å². The van der Waals surface area contributed by atoms with Gasteiger partial charge in [-0.1, -0.05) is 18.5 Å². The zero-order valence-electron chi connectivity index (χ0n) is 9.55. The number of carboxylic acid groups (broad SMARTS) is 1. The van der Waals surface area contributed by atoms with E-state index in [1.165, 1.54) is 18.2 Å². The van der Waals surface area contributed by atoms with E-state index in [9.17, 15) is 13.2 Å². The van der Waals surface area contributed by atoms with Crippen LogP contribution in [0.25, 0.3) is 6.08 Å². The van der Waals surface area contributed by atoms with Crippen LogP contribution in [0.2, 0.25) is 5.02 Å². The van der Waals surface area contributed by atoms with Gasteiger partial charge in [-0.2, -0.15) is 0 Å². The molecule has 2 rings (SSSR count). The molecule has 0 radical (unpaired) electrons. The van der Waals surface area contributed by atoms with Crippen LogP contribution in [0, 0.1) is 5.92 Å². The Labute approximate surface area is 110 Å². The van der Waals surface area contributed by atoms with Crippen LogP contribution < -0.4 is 0 Å². The fraction of sp³-hybridized carbons (Fsp3) is 0.250. The largest absolute Gasteiger partial charge is 0.481 e. The Morgan fingerprint density at radius 3 is 2.72 bits per heavy atom. The van der Waals surface area contributed by atoms with E-state index >= 15 is 0 Å². The maximum atomic E-state index is 12.2. The summed E-state index contributed by atoms with van der Waals surface area (Å²) in [7, 11) is -3.57. The number of rotatable bonds is 3. The highest BCUT2D eigenvalue weighted by molar-refractivity contribution is 7.95. The van der Waals surface area contributed by atoms with Crippen molar-refractivity contribution >= 4 is 33.5 Å². The lowest BCUT2D eigenvalue weighted by atomic mass is 10.1. The highest BCUT2D eigenvalue weighted by Crippen LogP contribution is 2.38. The number of carboxylic acids is 1. The van der Waals surface area contributed by atoms with Crippen molar-refractivity contribution in [3.8, 4) is 0 Å². The SMILES string of the molecule is CC(CC(=O)O)C1=Cc2cc(Cl)ccc2S1(=O)=O. The normalized spacial score (nSPS) is 18.0. The maximum absolute atomic E-state index is 12.2. The number of allylic oxidation sites excluding steroid dienone is 1. The molecule has 1 atom stereocenters. The van der Waals surface area contributed by atoms with E-state index in [1.54, 1.807) is 13.0 Å². The molecule has 1 aromatic carbocycles. The molecule has 96 valence electrons. The summed E-state index contributed by atoms with van der Waals surface area (Å²) in [4.78, 5) is 11.0. The van der Waals surface area contributed by atoms with Gasteiger partial charge in [0.1, 0.15) is 0 Å². The number of aliphatic carboxylic acids is 1. The third-order valence-electron chi connectivity index (χ3n) is 2.84. The molecule has 0 amide bonds. The summed E-state index contributed by atoms with van der Waals surface area (Å²) in [5, 5.41) is 9.18. The van der Waals surface area contributed by atoms with E-state index in [0.29, 0.717) is 10.6 Å². The second-order valence-electron chi connectivity index (χ2n) is 4.23. The van der Waals surface area contributed by atoms with Crippen molar-refractivity contribution in [1.82, 2.24) is 0 Å². The Morgan fingerprint density at radius 1 is 1.44 bits per heavy atom. The summed E-state index contributed by atoms with van der Waals surface area (Å²) in [5.41, 5.74) is 0.523. The third kappa shape index (κ3) is 2.15. The number of sulfone groups is 1. The monoisotopic (exact) mass is 286 g/mol. The number of halogens is 1. The molecular weight excluding hydrogens is 276 g/mol. The number of hydrogen-bond donors (Lipinski definition) is 1. The van der Waals surface area contributed by atoms with E-state index in [2.05, 4.69) is 0 Å². The lowest BCUT2D eigenvalue weighted by Crippen LogP contribution is -2.12. The number of fused-ring (bicyclic) bond motifs is 1. The second kappa shape index (κ2) is 4.40. The first-order valence-corrected chi connectivity index (χ1v) is 7.16. The predicted molar refractivity (Wildman–Crippen MR) is 68.0 cm³/mol. The molecule has 1 aromatic rings. The molecule has 0 fully saturated rings. The first-order chi connectivity index (χ1) is 8.32. The molecule has 1 unspecified atom stereocenters. The van der Waals surface area contributed by atoms with Gasteiger partial charge in [0.2, 0.25) is 9.84 Å². The van der Waals surface area contributed by atoms with Crippen molar-refractivity contribution in [3.05, 3.63) is 33.7 Å². The van der Waals surface area contributed by atoms with Gasteiger partial charge in [-0.25, -0.2) is 8.42 Å². The quantitative estimate of drug-likeness (QED) is 0.927. The Kier molecular flexibility index (Phi) is 3.21. The molecule has 1 aliphatic heterocycles. The lowest BCUT2D eigenvalue weighted by molar-refractivity contribution is -0.137. The van der Waals surface area contributed by atoms with Crippen molar-refractivity contribution in [2.24, 2.45) is 5.92 Å². The molecule has 0 bridgehead atoms. The standard InChI is InChI=1S/C12H11ClO4S/c1-7(4-12(14)15)11-6-8-5-9(13)2-3-10(8)18(11,16)17/h2-3,5-7H,4H2,1H3,(H,14,15). The summed E-state index contributed by atoms with van der Waals surface area (Å²) in [6.45, 7) is 1.59. The van der Waals surface area contributed by atoms with Crippen LogP contribution in [0.4, 0.5) is 0 Å². The van der Waals surface area contributed by atoms with E-state index in [-0.39, 0.29) is 16.2 Å². The van der Waals surface area contributed by atoms with Crippen molar-refractivity contribution in [1.29, 1.82) is 0 Å². The number of carbonyl (C=O) groups is 1. The molecule has 0 aliphatic carbocycles. The summed E-state index contributed by atoms with van der Waals surface area (Å²) < 4.78 is 24.4. The molecule has 18 heavy (non-hydrogen) atoms. The summed E-state index contributed by atoms with van der Waals surface area (Å²) >= 11 is 5.81. The molecule has 1 aliphatic rings. The van der Waals surface area contributed by atoms with Crippen molar-refractivity contribution in [2.75, 3.05) is 0 Å². The fourth-order valence-corrected chi connectivity index (χ4v) is 4.01. The molecule has 0 saturated heterocycles. The molecule has 1 N–H and O–H groups in total. The predicted octanol–water partition coefficient (Wildman–Crippen LogP) is 2.58. The Balaban J connectivity index is 2.48. The van der Waals surface area contributed by atoms with E-state index in [0.717, 1.165) is 0 Å². The van der Waals surface area contributed by atoms with Crippen LogP contribution in [0.15, 0.2) is 28.0 Å². The number of hydrogen-bond acceptors (Lipinski definition) is 3. The van der Waals surface area contributed by atoms with Crippen LogP contribution >= 0.6 is 11.6 Å². The van der Waals surface area contributed by atoms with Gasteiger partial charge in [-0.3, -0.25) is 4.79 Å². The lowest BCUT2D eigenvalue weighted by Gasteiger charge is -2.10. The smallest absolute Gasteiger partial charge is 0.303 e. The topological polar surface area (TPSA) is 71.4 Å². The van der Waals surface area contributed by atoms with Crippen LogP contribution in [0.1, 0.15) is 18.9 Å². The Bertz CT molecular complexity index is 646. The van der Waals surface area contributed by atoms with Crippen LogP contribution in [0.5, 0.6) is 0 Å². The van der Waals surface area contributed by atoms with Gasteiger partial charge < -0.3 is 5.11 Å². The van der Waals surface area contributed by atoms with Gasteiger partial charge >= 0.3 is 5.97 Å². The fourth-order valence-electron chi connectivity index (χ4n) is 2.00. The first-order valence-electron chi connectivity index (χ1n) is 5.30. The Morgan fingerprint density at radius 2 is 2.11 bits per heavy atom. The van der Waals surface area contributed by atoms with Gasteiger partial charge in [0, 0.05) is 10.9 Å².